The van der Waals surface area contributed by atoms with Gasteiger partial charge < -0.3 is 20.4 Å². The van der Waals surface area contributed by atoms with Crippen LogP contribution < -0.4 is 15.5 Å². The lowest BCUT2D eigenvalue weighted by molar-refractivity contribution is 0.102. The Labute approximate surface area is 167 Å². The molecule has 2 heterocycles. The van der Waals surface area contributed by atoms with Crippen LogP contribution in [0.15, 0.2) is 42.6 Å². The molecule has 1 aliphatic heterocycles. The fraction of sp³-hybridized carbons (Fsp3) is 0.455. The molecule has 1 fully saturated rings. The monoisotopic (exact) mass is 381 g/mol. The number of likely N-dealkylation sites (N-methyl/N-ethyl adjacent to an activating group) is 1. The van der Waals surface area contributed by atoms with Crippen molar-refractivity contribution < 1.29 is 4.79 Å². The third kappa shape index (κ3) is 5.70. The highest BCUT2D eigenvalue weighted by Crippen LogP contribution is 2.20. The van der Waals surface area contributed by atoms with E-state index in [2.05, 4.69) is 51.5 Å². The van der Waals surface area contributed by atoms with Crippen LogP contribution in [-0.2, 0) is 0 Å². The molecule has 0 spiro atoms. The van der Waals surface area contributed by atoms with E-state index >= 15 is 0 Å². The summed E-state index contributed by atoms with van der Waals surface area (Å²) in [7, 11) is 2.15. The Morgan fingerprint density at radius 3 is 2.43 bits per heavy atom. The van der Waals surface area contributed by atoms with Gasteiger partial charge in [0.25, 0.3) is 5.91 Å². The minimum absolute atomic E-state index is 0.141. The Morgan fingerprint density at radius 2 is 1.79 bits per heavy atom. The average Bonchev–Trinajstić information content (AvgIpc) is 2.73. The Bertz CT molecular complexity index is 737. The van der Waals surface area contributed by atoms with Crippen molar-refractivity contribution in [3.8, 4) is 0 Å². The number of anilines is 3. The zero-order valence-electron chi connectivity index (χ0n) is 16.9. The number of nitrogens with zero attached hydrogens (tertiary/aromatic N) is 3. The molecule has 0 atom stereocenters. The number of nitrogens with one attached hydrogen (secondary N) is 2. The molecule has 0 unspecified atom stereocenters. The predicted octanol–water partition coefficient (Wildman–Crippen LogP) is 3.69. The van der Waals surface area contributed by atoms with E-state index in [1.54, 1.807) is 6.20 Å². The first kappa shape index (κ1) is 20.1. The molecule has 0 bridgehead atoms. The molecular weight excluding hydrogens is 350 g/mol. The fourth-order valence-corrected chi connectivity index (χ4v) is 3.25. The number of carbonyl (C=O) groups is 1. The molecule has 1 aliphatic rings. The minimum Gasteiger partial charge on any atom is -0.370 e. The molecule has 1 aromatic heterocycles. The maximum atomic E-state index is 12.5. The van der Waals surface area contributed by atoms with Crippen molar-refractivity contribution in [1.82, 2.24) is 9.88 Å². The number of hydrogen-bond acceptors (Lipinski definition) is 5. The van der Waals surface area contributed by atoms with Gasteiger partial charge in [-0.05, 0) is 49.9 Å². The van der Waals surface area contributed by atoms with E-state index in [4.69, 9.17) is 0 Å². The molecule has 3 rings (SSSR count). The third-order valence-corrected chi connectivity index (χ3v) is 5.11. The highest BCUT2D eigenvalue weighted by Gasteiger charge is 2.14. The van der Waals surface area contributed by atoms with Gasteiger partial charge in [0, 0.05) is 50.3 Å². The summed E-state index contributed by atoms with van der Waals surface area (Å²) >= 11 is 0. The van der Waals surface area contributed by atoms with E-state index in [-0.39, 0.29) is 5.91 Å². The SMILES string of the molecule is CCCCCNc1ccc(C(=O)Nc2ccc(N3CCN(C)CC3)cc2)cn1. The number of carbonyl (C=O) groups excluding carboxylic acids is 1. The van der Waals surface area contributed by atoms with Crippen LogP contribution in [0.4, 0.5) is 17.2 Å². The maximum Gasteiger partial charge on any atom is 0.257 e. The van der Waals surface area contributed by atoms with Crippen molar-refractivity contribution in [2.24, 2.45) is 0 Å². The predicted molar refractivity (Wildman–Crippen MR) is 116 cm³/mol. The van der Waals surface area contributed by atoms with Crippen molar-refractivity contribution in [3.63, 3.8) is 0 Å². The van der Waals surface area contributed by atoms with Crippen molar-refractivity contribution >= 4 is 23.1 Å². The van der Waals surface area contributed by atoms with Crippen molar-refractivity contribution in [2.45, 2.75) is 26.2 Å². The highest BCUT2D eigenvalue weighted by molar-refractivity contribution is 6.04. The molecular formula is C22H31N5O. The normalized spacial score (nSPS) is 14.7. The lowest BCUT2D eigenvalue weighted by atomic mass is 10.2. The standard InChI is InChI=1S/C22H31N5O/c1-3-4-5-12-23-21-11-6-18(17-24-21)22(28)25-19-7-9-20(10-8-19)27-15-13-26(2)14-16-27/h6-11,17H,3-5,12-16H2,1-2H3,(H,23,24)(H,25,28). The van der Waals surface area contributed by atoms with Crippen LogP contribution in [0.2, 0.25) is 0 Å². The molecule has 1 aromatic carbocycles. The van der Waals surface area contributed by atoms with Crippen molar-refractivity contribution in [1.29, 1.82) is 0 Å². The lowest BCUT2D eigenvalue weighted by Gasteiger charge is -2.34. The van der Waals surface area contributed by atoms with Gasteiger partial charge in [-0.2, -0.15) is 0 Å². The first-order valence-electron chi connectivity index (χ1n) is 10.2. The van der Waals surface area contributed by atoms with Crippen LogP contribution in [-0.4, -0.2) is 55.6 Å². The van der Waals surface area contributed by atoms with Crippen LogP contribution in [0.25, 0.3) is 0 Å². The van der Waals surface area contributed by atoms with Gasteiger partial charge in [0.1, 0.15) is 5.82 Å². The van der Waals surface area contributed by atoms with Gasteiger partial charge in [-0.3, -0.25) is 4.79 Å². The summed E-state index contributed by atoms with van der Waals surface area (Å²) < 4.78 is 0. The smallest absolute Gasteiger partial charge is 0.257 e. The summed E-state index contributed by atoms with van der Waals surface area (Å²) in [6, 6.07) is 11.7. The Kier molecular flexibility index (Phi) is 7.25. The molecule has 0 radical (unpaired) electrons. The maximum absolute atomic E-state index is 12.5. The molecule has 0 aliphatic carbocycles. The summed E-state index contributed by atoms with van der Waals surface area (Å²) in [6.07, 6.45) is 5.16. The van der Waals surface area contributed by atoms with E-state index in [0.29, 0.717) is 5.56 Å². The van der Waals surface area contributed by atoms with Crippen LogP contribution >= 0.6 is 0 Å². The van der Waals surface area contributed by atoms with Crippen LogP contribution in [0, 0.1) is 0 Å². The minimum atomic E-state index is -0.141. The van der Waals surface area contributed by atoms with Gasteiger partial charge in [0.05, 0.1) is 5.56 Å². The number of amides is 1. The largest absolute Gasteiger partial charge is 0.370 e. The van der Waals surface area contributed by atoms with Gasteiger partial charge in [-0.1, -0.05) is 19.8 Å². The second kappa shape index (κ2) is 10.1. The van der Waals surface area contributed by atoms with Gasteiger partial charge in [0.2, 0.25) is 0 Å². The number of rotatable bonds is 8. The van der Waals surface area contributed by atoms with Crippen LogP contribution in [0.3, 0.4) is 0 Å². The van der Waals surface area contributed by atoms with Crippen LogP contribution in [0.1, 0.15) is 36.5 Å². The summed E-state index contributed by atoms with van der Waals surface area (Å²) in [5, 5.41) is 6.23. The van der Waals surface area contributed by atoms with Gasteiger partial charge in [-0.15, -0.1) is 0 Å². The molecule has 28 heavy (non-hydrogen) atoms. The van der Waals surface area contributed by atoms with Crippen LogP contribution in [0.5, 0.6) is 0 Å². The number of benzene rings is 1. The Balaban J connectivity index is 1.51. The van der Waals surface area contributed by atoms with E-state index in [1.807, 2.05) is 24.3 Å². The zero-order chi connectivity index (χ0) is 19.8. The summed E-state index contributed by atoms with van der Waals surface area (Å²) in [6.45, 7) is 7.32. The van der Waals surface area contributed by atoms with E-state index < -0.39 is 0 Å². The Hall–Kier alpha value is -2.60. The third-order valence-electron chi connectivity index (χ3n) is 5.11. The Morgan fingerprint density at radius 1 is 1.04 bits per heavy atom. The average molecular weight is 382 g/mol. The molecule has 6 nitrogen and oxygen atoms in total. The summed E-state index contributed by atoms with van der Waals surface area (Å²) in [5.41, 5.74) is 2.55. The summed E-state index contributed by atoms with van der Waals surface area (Å²) in [4.78, 5) is 21.5. The fourth-order valence-electron chi connectivity index (χ4n) is 3.25. The molecule has 1 amide bonds. The van der Waals surface area contributed by atoms with E-state index in [9.17, 15) is 4.79 Å². The second-order valence-corrected chi connectivity index (χ2v) is 7.36. The van der Waals surface area contributed by atoms with Crippen molar-refractivity contribution in [3.05, 3.63) is 48.2 Å². The molecule has 2 N–H and O–H groups in total. The number of pyridine rings is 1. The number of aromatic nitrogens is 1. The molecule has 2 aromatic rings. The zero-order valence-corrected chi connectivity index (χ0v) is 16.9. The number of unbranched alkanes of at least 4 members (excludes halogenated alkanes) is 2. The second-order valence-electron chi connectivity index (χ2n) is 7.36. The van der Waals surface area contributed by atoms with Gasteiger partial charge in [0.15, 0.2) is 0 Å². The van der Waals surface area contributed by atoms with E-state index in [0.717, 1.165) is 50.6 Å². The lowest BCUT2D eigenvalue weighted by Crippen LogP contribution is -2.44. The number of hydrogen-bond donors (Lipinski definition) is 2. The van der Waals surface area contributed by atoms with E-state index in [1.165, 1.54) is 18.5 Å². The van der Waals surface area contributed by atoms with Crippen molar-refractivity contribution in [2.75, 3.05) is 55.3 Å². The van der Waals surface area contributed by atoms with Gasteiger partial charge >= 0.3 is 0 Å². The number of piperazine rings is 1. The molecule has 1 saturated heterocycles. The molecule has 150 valence electrons. The first-order valence-corrected chi connectivity index (χ1v) is 10.2. The molecule has 6 heteroatoms. The summed E-state index contributed by atoms with van der Waals surface area (Å²) in [5.74, 6) is 0.668. The topological polar surface area (TPSA) is 60.5 Å². The highest BCUT2D eigenvalue weighted by atomic mass is 16.1. The van der Waals surface area contributed by atoms with Gasteiger partial charge in [-0.25, -0.2) is 4.98 Å². The quantitative estimate of drug-likeness (QED) is 0.683. The molecule has 0 saturated carbocycles. The first-order chi connectivity index (χ1) is 13.7.